The van der Waals surface area contributed by atoms with Gasteiger partial charge in [-0.25, -0.2) is 27.2 Å². The first-order valence-corrected chi connectivity index (χ1v) is 10.9. The number of benzene rings is 1. The molecule has 6 rings (SSSR count). The van der Waals surface area contributed by atoms with Gasteiger partial charge >= 0.3 is 7.12 Å². The summed E-state index contributed by atoms with van der Waals surface area (Å²) in [6.45, 7) is 6.86. The van der Waals surface area contributed by atoms with E-state index in [2.05, 4.69) is 10.1 Å². The summed E-state index contributed by atoms with van der Waals surface area (Å²) in [5.74, 6) is -5.92. The van der Waals surface area contributed by atoms with E-state index < -0.39 is 64.3 Å². The smallest absolute Gasteiger partial charge is 0.403 e. The van der Waals surface area contributed by atoms with E-state index in [0.717, 1.165) is 29.5 Å². The number of rotatable bonds is 6. The first kappa shape index (κ1) is 22.8. The summed E-state index contributed by atoms with van der Waals surface area (Å²) in [5.41, 5.74) is -6.39. The second-order valence-electron chi connectivity index (χ2n) is 10.9. The Hall–Kier alpha value is -1.98. The van der Waals surface area contributed by atoms with Crippen LogP contribution in [0.1, 0.15) is 52.5 Å². The molecule has 4 aliphatic rings. The van der Waals surface area contributed by atoms with Gasteiger partial charge in [-0.2, -0.15) is 5.10 Å². The second-order valence-corrected chi connectivity index (χ2v) is 10.9. The molecule has 2 aromatic rings. The molecule has 1 aliphatic heterocycles. The Morgan fingerprint density at radius 3 is 2.21 bits per heavy atom. The van der Waals surface area contributed by atoms with E-state index >= 15 is 8.78 Å². The largest absolute Gasteiger partial charge is 0.464 e. The fourth-order valence-corrected chi connectivity index (χ4v) is 5.71. The Morgan fingerprint density at radius 1 is 1.09 bits per heavy atom. The molecule has 1 saturated heterocycles. The van der Waals surface area contributed by atoms with Crippen LogP contribution in [0.15, 0.2) is 30.9 Å². The average molecular weight is 467 g/mol. The average Bonchev–Trinajstić information content (AvgIpc) is 3.17. The maximum atomic E-state index is 16.2. The van der Waals surface area contributed by atoms with Crippen LogP contribution in [0.2, 0.25) is 5.31 Å². The van der Waals surface area contributed by atoms with E-state index in [-0.39, 0.29) is 19.3 Å². The molecule has 0 spiro atoms. The van der Waals surface area contributed by atoms with Gasteiger partial charge in [-0.3, -0.25) is 0 Å². The first-order chi connectivity index (χ1) is 15.2. The number of alkyl halides is 2. The Morgan fingerprint density at radius 2 is 1.70 bits per heavy atom. The molecule has 1 N–H and O–H groups in total. The number of aromatic nitrogens is 3. The number of halogens is 4. The van der Waals surface area contributed by atoms with Crippen LogP contribution >= 0.6 is 0 Å². The molecular formula is C22H26BF4N3O3. The van der Waals surface area contributed by atoms with Crippen LogP contribution in [0.4, 0.5) is 17.6 Å². The minimum absolute atomic E-state index is 0.0618. The van der Waals surface area contributed by atoms with E-state index in [4.69, 9.17) is 9.31 Å². The lowest BCUT2D eigenvalue weighted by molar-refractivity contribution is -0.335. The van der Waals surface area contributed by atoms with Crippen molar-refractivity contribution in [3.8, 4) is 0 Å². The fraction of sp³-hybridized carbons (Fsp3) is 0.636. The quantitative estimate of drug-likeness (QED) is 0.512. The van der Waals surface area contributed by atoms with Crippen LogP contribution in [-0.4, -0.2) is 44.1 Å². The third-order valence-corrected chi connectivity index (χ3v) is 8.24. The van der Waals surface area contributed by atoms with Crippen LogP contribution in [0, 0.1) is 17.0 Å². The van der Waals surface area contributed by atoms with Crippen LogP contribution in [0.3, 0.4) is 0 Å². The topological polar surface area (TPSA) is 69.4 Å². The van der Waals surface area contributed by atoms with Gasteiger partial charge in [-0.05, 0) is 59.1 Å². The van der Waals surface area contributed by atoms with Crippen molar-refractivity contribution in [3.63, 3.8) is 0 Å². The Kier molecular flexibility index (Phi) is 4.54. The van der Waals surface area contributed by atoms with Gasteiger partial charge in [0.2, 0.25) is 0 Å². The molecule has 1 aromatic heterocycles. The lowest BCUT2D eigenvalue weighted by atomic mass is 9.22. The molecule has 11 heteroatoms. The number of hydrogen-bond donors (Lipinski definition) is 1. The van der Waals surface area contributed by atoms with Crippen molar-refractivity contribution in [1.82, 2.24) is 14.8 Å². The molecule has 0 radical (unpaired) electrons. The van der Waals surface area contributed by atoms with Crippen molar-refractivity contribution in [2.75, 3.05) is 0 Å². The first-order valence-electron chi connectivity index (χ1n) is 10.9. The molecule has 1 atom stereocenters. The highest BCUT2D eigenvalue weighted by Gasteiger charge is 2.86. The molecule has 33 heavy (non-hydrogen) atoms. The molecule has 178 valence electrons. The van der Waals surface area contributed by atoms with E-state index in [1.165, 1.54) is 0 Å². The molecule has 4 fully saturated rings. The van der Waals surface area contributed by atoms with Gasteiger partial charge < -0.3 is 14.4 Å². The molecule has 1 unspecified atom stereocenters. The van der Waals surface area contributed by atoms with Crippen LogP contribution in [-0.2, 0) is 21.5 Å². The molecule has 2 bridgehead atoms. The molecule has 1 aromatic carbocycles. The molecule has 0 amide bonds. The van der Waals surface area contributed by atoms with Gasteiger partial charge in [-0.1, -0.05) is 0 Å². The standard InChI is InChI=1S/C22H26BF4N3O3/c1-17(2)18(3,4)33-23(32-17)20-8-19(9-20,10-20)22(26,27)21(31,11-30-13-28-12-29-30)15-6-5-14(24)7-16(15)25/h5-7,12-13,31H,8-11H2,1-4H3. The number of nitrogens with zero attached hydrogens (tertiary/aromatic N) is 3. The number of aliphatic hydroxyl groups is 1. The third kappa shape index (κ3) is 2.91. The highest BCUT2D eigenvalue weighted by molar-refractivity contribution is 6.51. The highest BCUT2D eigenvalue weighted by atomic mass is 19.3. The predicted molar refractivity (Wildman–Crippen MR) is 110 cm³/mol. The molecule has 6 nitrogen and oxygen atoms in total. The van der Waals surface area contributed by atoms with Crippen molar-refractivity contribution >= 4 is 7.12 Å². The maximum absolute atomic E-state index is 16.2. The lowest BCUT2D eigenvalue weighted by Gasteiger charge is -2.74. The van der Waals surface area contributed by atoms with Gasteiger partial charge in [0, 0.05) is 22.4 Å². The molecular weight excluding hydrogens is 441 g/mol. The highest BCUT2D eigenvalue weighted by Crippen LogP contribution is 2.86. The van der Waals surface area contributed by atoms with Gasteiger partial charge in [0.1, 0.15) is 24.3 Å². The molecule has 2 heterocycles. The van der Waals surface area contributed by atoms with Crippen LogP contribution < -0.4 is 0 Å². The van der Waals surface area contributed by atoms with E-state index in [1.807, 2.05) is 27.7 Å². The van der Waals surface area contributed by atoms with E-state index in [9.17, 15) is 13.9 Å². The van der Waals surface area contributed by atoms with Crippen molar-refractivity contribution in [2.45, 2.75) is 81.5 Å². The number of hydrogen-bond acceptors (Lipinski definition) is 5. The normalized spacial score (nSPS) is 31.6. The molecule has 3 saturated carbocycles. The Balaban J connectivity index is 1.46. The predicted octanol–water partition coefficient (Wildman–Crippen LogP) is 4.10. The van der Waals surface area contributed by atoms with Crippen LogP contribution in [0.25, 0.3) is 0 Å². The summed E-state index contributed by atoms with van der Waals surface area (Å²) >= 11 is 0. The van der Waals surface area contributed by atoms with Gasteiger partial charge in [-0.15, -0.1) is 0 Å². The van der Waals surface area contributed by atoms with Gasteiger partial charge in [0.05, 0.1) is 17.7 Å². The summed E-state index contributed by atoms with van der Waals surface area (Å²) in [6, 6.07) is 2.21. The summed E-state index contributed by atoms with van der Waals surface area (Å²) in [6.07, 6.45) is 2.48. The summed E-state index contributed by atoms with van der Waals surface area (Å²) < 4.78 is 73.8. The SMILES string of the molecule is CC1(C)OB(C23CC(C(F)(F)C(O)(Cn4cncn4)c4ccc(F)cc4F)(C2)C3)OC1(C)C. The minimum Gasteiger partial charge on any atom is -0.403 e. The Bertz CT molecular complexity index is 1060. The zero-order valence-electron chi connectivity index (χ0n) is 18.9. The monoisotopic (exact) mass is 467 g/mol. The van der Waals surface area contributed by atoms with Gasteiger partial charge in [0.25, 0.3) is 5.92 Å². The van der Waals surface area contributed by atoms with Crippen molar-refractivity contribution < 1.29 is 32.0 Å². The lowest BCUT2D eigenvalue weighted by Crippen LogP contribution is -2.75. The maximum Gasteiger partial charge on any atom is 0.464 e. The third-order valence-electron chi connectivity index (χ3n) is 8.24. The second kappa shape index (κ2) is 6.57. The van der Waals surface area contributed by atoms with Crippen molar-refractivity contribution in [3.05, 3.63) is 48.1 Å². The van der Waals surface area contributed by atoms with E-state index in [0.29, 0.717) is 6.07 Å². The van der Waals surface area contributed by atoms with Crippen molar-refractivity contribution in [1.29, 1.82) is 0 Å². The summed E-state index contributed by atoms with van der Waals surface area (Å²) in [4.78, 5) is 3.72. The zero-order chi connectivity index (χ0) is 24.1. The Labute approximate surface area is 189 Å². The fourth-order valence-electron chi connectivity index (χ4n) is 5.71. The van der Waals surface area contributed by atoms with E-state index in [1.54, 1.807) is 0 Å². The summed E-state index contributed by atoms with van der Waals surface area (Å²) in [5, 5.41) is 14.7. The van der Waals surface area contributed by atoms with Gasteiger partial charge in [0.15, 0.2) is 5.60 Å². The molecule has 3 aliphatic carbocycles. The van der Waals surface area contributed by atoms with Crippen LogP contribution in [0.5, 0.6) is 0 Å². The zero-order valence-corrected chi connectivity index (χ0v) is 18.9. The minimum atomic E-state index is -3.75. The summed E-state index contributed by atoms with van der Waals surface area (Å²) in [7, 11) is -0.633. The van der Waals surface area contributed by atoms with Crippen molar-refractivity contribution in [2.24, 2.45) is 5.41 Å².